The maximum atomic E-state index is 12.7. The number of amides is 1. The molecule has 1 amide bonds. The molecular weight excluding hydrogens is 260 g/mol. The third kappa shape index (κ3) is 2.98. The number of hydrogen-bond acceptors (Lipinski definition) is 2. The van der Waals surface area contributed by atoms with Gasteiger partial charge in [0.2, 0.25) is 0 Å². The first-order valence-electron chi connectivity index (χ1n) is 8.28. The van der Waals surface area contributed by atoms with E-state index in [0.717, 1.165) is 23.1 Å². The van der Waals surface area contributed by atoms with Crippen LogP contribution < -0.4 is 5.32 Å². The predicted molar refractivity (Wildman–Crippen MR) is 85.6 cm³/mol. The van der Waals surface area contributed by atoms with Crippen LogP contribution in [0.15, 0.2) is 18.2 Å². The van der Waals surface area contributed by atoms with Crippen molar-refractivity contribution >= 4 is 5.91 Å². The van der Waals surface area contributed by atoms with Crippen LogP contribution in [0.4, 0.5) is 0 Å². The second-order valence-electron chi connectivity index (χ2n) is 6.59. The fourth-order valence-electron chi connectivity index (χ4n) is 4.03. The van der Waals surface area contributed by atoms with Gasteiger partial charge in [-0.1, -0.05) is 18.2 Å². The molecule has 2 atom stereocenters. The number of hydrogen-bond donors (Lipinski definition) is 1. The summed E-state index contributed by atoms with van der Waals surface area (Å²) in [6.07, 6.45) is 6.22. The largest absolute Gasteiger partial charge is 0.348 e. The summed E-state index contributed by atoms with van der Waals surface area (Å²) in [7, 11) is 0. The van der Waals surface area contributed by atoms with E-state index in [2.05, 4.69) is 10.2 Å². The van der Waals surface area contributed by atoms with Gasteiger partial charge in [0.05, 0.1) is 0 Å². The van der Waals surface area contributed by atoms with Gasteiger partial charge in [-0.2, -0.15) is 0 Å². The lowest BCUT2D eigenvalue weighted by atomic mass is 10.0. The summed E-state index contributed by atoms with van der Waals surface area (Å²) in [5.41, 5.74) is 3.01. The summed E-state index contributed by atoms with van der Waals surface area (Å²) < 4.78 is 0. The van der Waals surface area contributed by atoms with Crippen LogP contribution in [0, 0.1) is 13.8 Å². The third-order valence-electron chi connectivity index (χ3n) is 5.11. The van der Waals surface area contributed by atoms with Crippen molar-refractivity contribution in [3.8, 4) is 0 Å². The highest BCUT2D eigenvalue weighted by Crippen LogP contribution is 2.27. The number of rotatable bonds is 3. The van der Waals surface area contributed by atoms with Crippen LogP contribution >= 0.6 is 0 Å². The molecule has 1 heterocycles. The van der Waals surface area contributed by atoms with Gasteiger partial charge >= 0.3 is 0 Å². The van der Waals surface area contributed by atoms with E-state index in [-0.39, 0.29) is 5.91 Å². The number of nitrogens with zero attached hydrogens (tertiary/aromatic N) is 1. The Labute approximate surface area is 127 Å². The van der Waals surface area contributed by atoms with Crippen molar-refractivity contribution in [2.24, 2.45) is 0 Å². The van der Waals surface area contributed by atoms with Crippen molar-refractivity contribution in [2.75, 3.05) is 13.1 Å². The van der Waals surface area contributed by atoms with Gasteiger partial charge in [0.1, 0.15) is 0 Å². The minimum atomic E-state index is 0.113. The summed E-state index contributed by atoms with van der Waals surface area (Å²) in [6.45, 7) is 6.46. The molecule has 0 bridgehead atoms. The van der Waals surface area contributed by atoms with Crippen molar-refractivity contribution in [1.29, 1.82) is 0 Å². The molecule has 1 aliphatic carbocycles. The predicted octanol–water partition coefficient (Wildman–Crippen LogP) is 3.05. The molecule has 1 saturated carbocycles. The monoisotopic (exact) mass is 286 g/mol. The number of carbonyl (C=O) groups is 1. The summed E-state index contributed by atoms with van der Waals surface area (Å²) in [4.78, 5) is 15.3. The molecular formula is C18H26N2O. The van der Waals surface area contributed by atoms with Gasteiger partial charge in [-0.3, -0.25) is 9.69 Å². The average Bonchev–Trinajstić information content (AvgIpc) is 3.08. The van der Waals surface area contributed by atoms with E-state index in [1.807, 2.05) is 32.0 Å². The molecule has 1 aromatic rings. The average molecular weight is 286 g/mol. The zero-order valence-corrected chi connectivity index (χ0v) is 13.2. The minimum Gasteiger partial charge on any atom is -0.348 e. The summed E-state index contributed by atoms with van der Waals surface area (Å²) in [6, 6.07) is 6.95. The molecule has 1 aromatic carbocycles. The fourth-order valence-corrected chi connectivity index (χ4v) is 4.03. The SMILES string of the molecule is Cc1cccc(C)c1C(=O)N[C@H]1CCC[C@H]1N1CCCC1. The van der Waals surface area contributed by atoms with Crippen molar-refractivity contribution in [2.45, 2.75) is 58.0 Å². The maximum Gasteiger partial charge on any atom is 0.252 e. The molecule has 3 heteroatoms. The molecule has 0 aromatic heterocycles. The molecule has 2 aliphatic rings. The molecule has 0 spiro atoms. The maximum absolute atomic E-state index is 12.7. The van der Waals surface area contributed by atoms with Crippen molar-refractivity contribution in [1.82, 2.24) is 10.2 Å². The van der Waals surface area contributed by atoms with E-state index in [4.69, 9.17) is 0 Å². The van der Waals surface area contributed by atoms with Crippen LogP contribution in [0.25, 0.3) is 0 Å². The normalized spacial score (nSPS) is 26.2. The van der Waals surface area contributed by atoms with Gasteiger partial charge in [-0.05, 0) is 70.2 Å². The second kappa shape index (κ2) is 6.18. The molecule has 0 radical (unpaired) electrons. The molecule has 1 saturated heterocycles. The zero-order chi connectivity index (χ0) is 14.8. The minimum absolute atomic E-state index is 0.113. The van der Waals surface area contributed by atoms with E-state index in [9.17, 15) is 4.79 Å². The Kier molecular flexibility index (Phi) is 4.29. The Hall–Kier alpha value is -1.35. The van der Waals surface area contributed by atoms with E-state index in [1.54, 1.807) is 0 Å². The second-order valence-corrected chi connectivity index (χ2v) is 6.59. The van der Waals surface area contributed by atoms with Gasteiger partial charge in [-0.15, -0.1) is 0 Å². The van der Waals surface area contributed by atoms with Gasteiger partial charge in [0.25, 0.3) is 5.91 Å². The van der Waals surface area contributed by atoms with Crippen LogP contribution in [0.3, 0.4) is 0 Å². The van der Waals surface area contributed by atoms with Gasteiger partial charge in [0, 0.05) is 17.6 Å². The molecule has 0 unspecified atom stereocenters. The van der Waals surface area contributed by atoms with Crippen LogP contribution in [0.2, 0.25) is 0 Å². The van der Waals surface area contributed by atoms with Crippen LogP contribution in [-0.4, -0.2) is 36.0 Å². The van der Waals surface area contributed by atoms with Crippen LogP contribution in [0.5, 0.6) is 0 Å². The summed E-state index contributed by atoms with van der Waals surface area (Å²) in [5.74, 6) is 0.113. The van der Waals surface area contributed by atoms with Gasteiger partial charge in [-0.25, -0.2) is 0 Å². The molecule has 2 fully saturated rings. The first kappa shape index (κ1) is 14.6. The van der Waals surface area contributed by atoms with Crippen LogP contribution in [0.1, 0.15) is 53.6 Å². The van der Waals surface area contributed by atoms with E-state index >= 15 is 0 Å². The Bertz CT molecular complexity index is 500. The van der Waals surface area contributed by atoms with Gasteiger partial charge < -0.3 is 5.32 Å². The molecule has 3 nitrogen and oxygen atoms in total. The molecule has 1 aliphatic heterocycles. The summed E-state index contributed by atoms with van der Waals surface area (Å²) >= 11 is 0. The first-order valence-corrected chi connectivity index (χ1v) is 8.28. The van der Waals surface area contributed by atoms with Crippen molar-refractivity contribution in [3.05, 3.63) is 34.9 Å². The number of aryl methyl sites for hydroxylation is 2. The molecule has 1 N–H and O–H groups in total. The Morgan fingerprint density at radius 3 is 2.43 bits per heavy atom. The van der Waals surface area contributed by atoms with Crippen molar-refractivity contribution < 1.29 is 4.79 Å². The number of benzene rings is 1. The highest BCUT2D eigenvalue weighted by Gasteiger charge is 2.34. The third-order valence-corrected chi connectivity index (χ3v) is 5.11. The number of carbonyl (C=O) groups excluding carboxylic acids is 1. The quantitative estimate of drug-likeness (QED) is 0.926. The zero-order valence-electron chi connectivity index (χ0n) is 13.2. The smallest absolute Gasteiger partial charge is 0.252 e. The Morgan fingerprint density at radius 1 is 1.10 bits per heavy atom. The lowest BCUT2D eigenvalue weighted by molar-refractivity contribution is 0.0911. The lowest BCUT2D eigenvalue weighted by Gasteiger charge is -2.30. The van der Waals surface area contributed by atoms with Gasteiger partial charge in [0.15, 0.2) is 0 Å². The summed E-state index contributed by atoms with van der Waals surface area (Å²) in [5, 5.41) is 3.32. The topological polar surface area (TPSA) is 32.3 Å². The lowest BCUT2D eigenvalue weighted by Crippen LogP contribution is -2.48. The Morgan fingerprint density at radius 2 is 1.76 bits per heavy atom. The van der Waals surface area contributed by atoms with Crippen LogP contribution in [-0.2, 0) is 0 Å². The molecule has 3 rings (SSSR count). The van der Waals surface area contributed by atoms with E-state index in [0.29, 0.717) is 12.1 Å². The number of likely N-dealkylation sites (tertiary alicyclic amines) is 1. The Balaban J connectivity index is 1.71. The highest BCUT2D eigenvalue weighted by atomic mass is 16.1. The number of nitrogens with one attached hydrogen (secondary N) is 1. The fraction of sp³-hybridized carbons (Fsp3) is 0.611. The standard InChI is InChI=1S/C18H26N2O/c1-13-7-5-8-14(2)17(13)18(21)19-15-9-6-10-16(15)20-11-3-4-12-20/h5,7-8,15-16H,3-4,6,9-12H2,1-2H3,(H,19,21)/t15-,16+/m0/s1. The first-order chi connectivity index (χ1) is 10.2. The highest BCUT2D eigenvalue weighted by molar-refractivity contribution is 5.97. The van der Waals surface area contributed by atoms with E-state index < -0.39 is 0 Å². The molecule has 114 valence electrons. The van der Waals surface area contributed by atoms with Crippen molar-refractivity contribution in [3.63, 3.8) is 0 Å². The molecule has 21 heavy (non-hydrogen) atoms. The van der Waals surface area contributed by atoms with E-state index in [1.165, 1.54) is 38.8 Å².